The van der Waals surface area contributed by atoms with Gasteiger partial charge in [0.15, 0.2) is 11.0 Å². The molecule has 0 bridgehead atoms. The van der Waals surface area contributed by atoms with Crippen LogP contribution in [0.5, 0.6) is 11.5 Å². The molecule has 0 fully saturated rings. The zero-order valence-electron chi connectivity index (χ0n) is 20.0. The summed E-state index contributed by atoms with van der Waals surface area (Å²) in [6.45, 7) is 5.08. The molecule has 9 heteroatoms. The monoisotopic (exact) mass is 499 g/mol. The average Bonchev–Trinajstić information content (AvgIpc) is 3.57. The molecule has 2 heterocycles. The standard InChI is InChI=1S/C27H25N5O3S/c1-3-33-21-16-14-20(15-17-21)32-26(19-10-6-5-7-11-19)29-30-27(32)36-18-24-28-25(31-35-24)22-12-8-9-13-23(22)34-4-2/h5-17H,3-4,18H2,1-2H3. The maximum Gasteiger partial charge on any atom is 0.237 e. The van der Waals surface area contributed by atoms with Crippen molar-refractivity contribution in [2.24, 2.45) is 0 Å². The summed E-state index contributed by atoms with van der Waals surface area (Å²) in [5.41, 5.74) is 2.70. The summed E-state index contributed by atoms with van der Waals surface area (Å²) < 4.78 is 18.9. The molecule has 5 rings (SSSR count). The molecule has 0 aliphatic rings. The summed E-state index contributed by atoms with van der Waals surface area (Å²) in [5, 5.41) is 13.9. The lowest BCUT2D eigenvalue weighted by atomic mass is 10.2. The van der Waals surface area contributed by atoms with E-state index in [2.05, 4.69) is 20.3 Å². The van der Waals surface area contributed by atoms with Gasteiger partial charge in [0, 0.05) is 11.3 Å². The summed E-state index contributed by atoms with van der Waals surface area (Å²) in [4.78, 5) is 4.59. The lowest BCUT2D eigenvalue weighted by molar-refractivity contribution is 0.340. The normalized spacial score (nSPS) is 10.9. The van der Waals surface area contributed by atoms with Crippen molar-refractivity contribution in [2.75, 3.05) is 13.2 Å². The lowest BCUT2D eigenvalue weighted by Gasteiger charge is -2.11. The first-order valence-electron chi connectivity index (χ1n) is 11.7. The molecule has 36 heavy (non-hydrogen) atoms. The van der Waals surface area contributed by atoms with Crippen LogP contribution in [0.3, 0.4) is 0 Å². The second-order valence-electron chi connectivity index (χ2n) is 7.66. The summed E-state index contributed by atoms with van der Waals surface area (Å²) in [7, 11) is 0. The van der Waals surface area contributed by atoms with Crippen LogP contribution in [0.15, 0.2) is 88.5 Å². The molecule has 0 aliphatic heterocycles. The number of para-hydroxylation sites is 1. The van der Waals surface area contributed by atoms with Crippen molar-refractivity contribution in [3.8, 4) is 40.0 Å². The molecule has 2 aromatic heterocycles. The zero-order valence-corrected chi connectivity index (χ0v) is 20.8. The minimum absolute atomic E-state index is 0.438. The molecule has 0 N–H and O–H groups in total. The Bertz CT molecular complexity index is 1420. The molecule has 0 saturated carbocycles. The second kappa shape index (κ2) is 11.1. The Morgan fingerprint density at radius 2 is 1.58 bits per heavy atom. The molecule has 3 aromatic carbocycles. The number of thioether (sulfide) groups is 1. The number of aromatic nitrogens is 5. The number of benzene rings is 3. The Kier molecular flexibility index (Phi) is 7.28. The topological polar surface area (TPSA) is 88.1 Å². The van der Waals surface area contributed by atoms with Crippen molar-refractivity contribution >= 4 is 11.8 Å². The molecule has 0 amide bonds. The first-order chi connectivity index (χ1) is 17.8. The predicted octanol–water partition coefficient (Wildman–Crippen LogP) is 6.07. The summed E-state index contributed by atoms with van der Waals surface area (Å²) in [5.74, 6) is 3.71. The van der Waals surface area contributed by atoms with Gasteiger partial charge in [0.2, 0.25) is 11.7 Å². The fourth-order valence-electron chi connectivity index (χ4n) is 3.71. The fourth-order valence-corrected chi connectivity index (χ4v) is 4.50. The smallest absolute Gasteiger partial charge is 0.237 e. The van der Waals surface area contributed by atoms with Crippen molar-refractivity contribution in [1.29, 1.82) is 0 Å². The largest absolute Gasteiger partial charge is 0.494 e. The van der Waals surface area contributed by atoms with E-state index in [1.807, 2.05) is 97.3 Å². The van der Waals surface area contributed by atoms with Crippen LogP contribution in [-0.4, -0.2) is 38.1 Å². The van der Waals surface area contributed by atoms with Crippen molar-refractivity contribution in [2.45, 2.75) is 24.8 Å². The van der Waals surface area contributed by atoms with Gasteiger partial charge in [-0.05, 0) is 50.2 Å². The van der Waals surface area contributed by atoms with Crippen LogP contribution in [0.1, 0.15) is 19.7 Å². The number of rotatable bonds is 10. The van der Waals surface area contributed by atoms with Gasteiger partial charge >= 0.3 is 0 Å². The van der Waals surface area contributed by atoms with Crippen LogP contribution < -0.4 is 9.47 Å². The number of nitrogens with zero attached hydrogens (tertiary/aromatic N) is 5. The van der Waals surface area contributed by atoms with Gasteiger partial charge in [-0.25, -0.2) is 0 Å². The molecular weight excluding hydrogens is 474 g/mol. The predicted molar refractivity (Wildman–Crippen MR) is 138 cm³/mol. The highest BCUT2D eigenvalue weighted by Gasteiger charge is 2.19. The minimum Gasteiger partial charge on any atom is -0.494 e. The van der Waals surface area contributed by atoms with Gasteiger partial charge in [-0.15, -0.1) is 10.2 Å². The molecule has 0 saturated heterocycles. The number of hydrogen-bond donors (Lipinski definition) is 0. The van der Waals surface area contributed by atoms with E-state index in [1.165, 1.54) is 11.8 Å². The average molecular weight is 500 g/mol. The van der Waals surface area contributed by atoms with Crippen molar-refractivity contribution in [1.82, 2.24) is 24.9 Å². The fraction of sp³-hybridized carbons (Fsp3) is 0.185. The molecule has 0 aliphatic carbocycles. The van der Waals surface area contributed by atoms with Gasteiger partial charge < -0.3 is 14.0 Å². The van der Waals surface area contributed by atoms with E-state index < -0.39 is 0 Å². The number of hydrogen-bond acceptors (Lipinski definition) is 8. The summed E-state index contributed by atoms with van der Waals surface area (Å²) >= 11 is 1.48. The first-order valence-corrected chi connectivity index (χ1v) is 12.7. The van der Waals surface area contributed by atoms with Crippen LogP contribution in [0.25, 0.3) is 28.5 Å². The zero-order chi connectivity index (χ0) is 24.7. The third-order valence-corrected chi connectivity index (χ3v) is 6.21. The van der Waals surface area contributed by atoms with Crippen LogP contribution in [0.4, 0.5) is 0 Å². The first kappa shape index (κ1) is 23.6. The quantitative estimate of drug-likeness (QED) is 0.214. The number of ether oxygens (including phenoxy) is 2. The molecule has 0 unspecified atom stereocenters. The van der Waals surface area contributed by atoms with Crippen LogP contribution >= 0.6 is 11.8 Å². The van der Waals surface area contributed by atoms with Gasteiger partial charge in [-0.1, -0.05) is 59.4 Å². The Hall–Kier alpha value is -4.11. The van der Waals surface area contributed by atoms with Gasteiger partial charge in [0.1, 0.15) is 11.5 Å². The Morgan fingerprint density at radius 1 is 0.833 bits per heavy atom. The molecule has 0 atom stereocenters. The maximum atomic E-state index is 5.71. The van der Waals surface area contributed by atoms with E-state index in [0.717, 1.165) is 34.1 Å². The van der Waals surface area contributed by atoms with Crippen molar-refractivity contribution in [3.63, 3.8) is 0 Å². The molecule has 0 radical (unpaired) electrons. The third-order valence-electron chi connectivity index (χ3n) is 5.29. The van der Waals surface area contributed by atoms with Crippen LogP contribution in [0, 0.1) is 0 Å². The van der Waals surface area contributed by atoms with Gasteiger partial charge in [0.25, 0.3) is 0 Å². The highest BCUT2D eigenvalue weighted by molar-refractivity contribution is 7.98. The Morgan fingerprint density at radius 3 is 2.36 bits per heavy atom. The van der Waals surface area contributed by atoms with E-state index >= 15 is 0 Å². The Labute approximate surface area is 213 Å². The van der Waals surface area contributed by atoms with Crippen molar-refractivity contribution in [3.05, 3.63) is 84.8 Å². The highest BCUT2D eigenvalue weighted by Crippen LogP contribution is 2.32. The second-order valence-corrected chi connectivity index (χ2v) is 8.61. The minimum atomic E-state index is 0.438. The molecule has 8 nitrogen and oxygen atoms in total. The van der Waals surface area contributed by atoms with Gasteiger partial charge in [-0.2, -0.15) is 4.98 Å². The van der Waals surface area contributed by atoms with E-state index in [4.69, 9.17) is 14.0 Å². The summed E-state index contributed by atoms with van der Waals surface area (Å²) in [6, 6.07) is 25.5. The third kappa shape index (κ3) is 5.11. The SMILES string of the molecule is CCOc1ccc(-n2c(SCc3nc(-c4ccccc4OCC)no3)nnc2-c2ccccc2)cc1. The Balaban J connectivity index is 1.42. The summed E-state index contributed by atoms with van der Waals surface area (Å²) in [6.07, 6.45) is 0. The molecule has 5 aromatic rings. The van der Waals surface area contributed by atoms with E-state index in [1.54, 1.807) is 0 Å². The van der Waals surface area contributed by atoms with E-state index in [0.29, 0.717) is 35.8 Å². The van der Waals surface area contributed by atoms with Crippen LogP contribution in [0.2, 0.25) is 0 Å². The van der Waals surface area contributed by atoms with Crippen LogP contribution in [-0.2, 0) is 5.75 Å². The molecule has 182 valence electrons. The highest BCUT2D eigenvalue weighted by atomic mass is 32.2. The molecule has 0 spiro atoms. The van der Waals surface area contributed by atoms with E-state index in [9.17, 15) is 0 Å². The lowest BCUT2D eigenvalue weighted by Crippen LogP contribution is -2.00. The van der Waals surface area contributed by atoms with E-state index in [-0.39, 0.29) is 0 Å². The maximum absolute atomic E-state index is 5.71. The molecular formula is C27H25N5O3S. The van der Waals surface area contributed by atoms with Crippen molar-refractivity contribution < 1.29 is 14.0 Å². The van der Waals surface area contributed by atoms with Gasteiger partial charge in [-0.3, -0.25) is 4.57 Å². The van der Waals surface area contributed by atoms with Gasteiger partial charge in [0.05, 0.1) is 24.5 Å².